The second kappa shape index (κ2) is 8.61. The summed E-state index contributed by atoms with van der Waals surface area (Å²) in [6, 6.07) is 20.4. The predicted octanol–water partition coefficient (Wildman–Crippen LogP) is 4.32. The average Bonchev–Trinajstić information content (AvgIpc) is 3.34. The van der Waals surface area contributed by atoms with Gasteiger partial charge in [-0.2, -0.15) is 0 Å². The molecule has 0 N–H and O–H groups in total. The topological polar surface area (TPSA) is 61.8 Å². The molecular formula is C26H25N5O2S. The van der Waals surface area contributed by atoms with Gasteiger partial charge >= 0.3 is 0 Å². The van der Waals surface area contributed by atoms with E-state index in [9.17, 15) is 4.79 Å². The van der Waals surface area contributed by atoms with Gasteiger partial charge in [-0.05, 0) is 42.0 Å². The van der Waals surface area contributed by atoms with Gasteiger partial charge in [-0.15, -0.1) is 10.2 Å². The van der Waals surface area contributed by atoms with Crippen LogP contribution in [0.15, 0.2) is 60.7 Å². The zero-order valence-electron chi connectivity index (χ0n) is 19.0. The van der Waals surface area contributed by atoms with Gasteiger partial charge in [0.25, 0.3) is 5.91 Å². The van der Waals surface area contributed by atoms with Gasteiger partial charge in [-0.25, -0.2) is 0 Å². The van der Waals surface area contributed by atoms with E-state index in [0.717, 1.165) is 41.2 Å². The van der Waals surface area contributed by atoms with Crippen molar-refractivity contribution in [3.05, 3.63) is 76.8 Å². The van der Waals surface area contributed by atoms with Crippen LogP contribution in [0.3, 0.4) is 0 Å². The van der Waals surface area contributed by atoms with Crippen molar-refractivity contribution in [2.24, 2.45) is 0 Å². The second-order valence-electron chi connectivity index (χ2n) is 8.67. The summed E-state index contributed by atoms with van der Waals surface area (Å²) in [5, 5.41) is 12.7. The molecule has 8 heteroatoms. The van der Waals surface area contributed by atoms with E-state index in [1.54, 1.807) is 11.3 Å². The molecule has 7 nitrogen and oxygen atoms in total. The van der Waals surface area contributed by atoms with E-state index >= 15 is 0 Å². The van der Waals surface area contributed by atoms with Crippen molar-refractivity contribution in [1.29, 1.82) is 0 Å². The molecule has 2 aliphatic heterocycles. The van der Waals surface area contributed by atoms with Gasteiger partial charge in [0, 0.05) is 43.0 Å². The average molecular weight is 472 g/mol. The van der Waals surface area contributed by atoms with Crippen molar-refractivity contribution in [2.45, 2.75) is 13.5 Å². The maximum atomic E-state index is 13.3. The number of hydrogen-bond donors (Lipinski definition) is 0. The van der Waals surface area contributed by atoms with E-state index in [2.05, 4.69) is 56.4 Å². The molecule has 0 saturated carbocycles. The number of piperazine rings is 1. The number of benzene rings is 3. The van der Waals surface area contributed by atoms with Crippen molar-refractivity contribution in [3.63, 3.8) is 0 Å². The molecule has 1 aromatic heterocycles. The number of aryl methyl sites for hydroxylation is 1. The SMILES string of the molecule is Cc1nnc(N2CCN(C(=O)c3cccc(N4COc5ccc6ccccc6c5C4)c3)CC2)s1. The van der Waals surface area contributed by atoms with E-state index in [-0.39, 0.29) is 5.91 Å². The van der Waals surface area contributed by atoms with E-state index in [4.69, 9.17) is 4.74 Å². The lowest BCUT2D eigenvalue weighted by molar-refractivity contribution is 0.0746. The molecule has 2 aliphatic rings. The smallest absolute Gasteiger partial charge is 0.254 e. The molecule has 3 aromatic carbocycles. The minimum Gasteiger partial charge on any atom is -0.473 e. The number of anilines is 2. The van der Waals surface area contributed by atoms with Crippen LogP contribution in [-0.2, 0) is 6.54 Å². The largest absolute Gasteiger partial charge is 0.473 e. The number of carbonyl (C=O) groups is 1. The number of rotatable bonds is 3. The Labute approximate surface area is 202 Å². The second-order valence-corrected chi connectivity index (χ2v) is 9.83. The number of fused-ring (bicyclic) bond motifs is 3. The summed E-state index contributed by atoms with van der Waals surface area (Å²) >= 11 is 1.60. The molecule has 1 fully saturated rings. The Kier molecular flexibility index (Phi) is 5.30. The van der Waals surface area contributed by atoms with Crippen LogP contribution in [0.2, 0.25) is 0 Å². The van der Waals surface area contributed by atoms with Crippen LogP contribution in [0.4, 0.5) is 10.8 Å². The highest BCUT2D eigenvalue weighted by Crippen LogP contribution is 2.34. The Morgan fingerprint density at radius 1 is 0.941 bits per heavy atom. The summed E-state index contributed by atoms with van der Waals surface area (Å²) < 4.78 is 6.09. The van der Waals surface area contributed by atoms with Gasteiger partial charge in [0.2, 0.25) is 5.13 Å². The third kappa shape index (κ3) is 3.84. The lowest BCUT2D eigenvalue weighted by Crippen LogP contribution is -2.48. The molecule has 0 spiro atoms. The van der Waals surface area contributed by atoms with Crippen molar-refractivity contribution in [3.8, 4) is 5.75 Å². The number of amides is 1. The standard InChI is InChI=1S/C26H25N5O2S/c1-18-27-28-26(34-18)30-13-11-29(12-14-30)25(32)20-6-4-7-21(15-20)31-16-23-22-8-3-2-5-19(22)9-10-24(23)33-17-31/h2-10,15H,11-14,16-17H2,1H3. The first-order valence-corrected chi connectivity index (χ1v) is 12.3. The van der Waals surface area contributed by atoms with Crippen LogP contribution in [0.1, 0.15) is 20.9 Å². The third-order valence-electron chi connectivity index (χ3n) is 6.53. The maximum Gasteiger partial charge on any atom is 0.254 e. The number of nitrogens with zero attached hydrogens (tertiary/aromatic N) is 5. The van der Waals surface area contributed by atoms with Crippen LogP contribution in [0.5, 0.6) is 5.75 Å². The number of aromatic nitrogens is 2. The fourth-order valence-corrected chi connectivity index (χ4v) is 5.44. The Bertz CT molecular complexity index is 1360. The summed E-state index contributed by atoms with van der Waals surface area (Å²) in [5.41, 5.74) is 2.89. The first-order valence-electron chi connectivity index (χ1n) is 11.5. The van der Waals surface area contributed by atoms with Gasteiger partial charge in [-0.3, -0.25) is 4.79 Å². The van der Waals surface area contributed by atoms with Crippen LogP contribution in [0, 0.1) is 6.92 Å². The molecule has 4 aromatic rings. The zero-order chi connectivity index (χ0) is 23.1. The quantitative estimate of drug-likeness (QED) is 0.444. The molecule has 0 aliphatic carbocycles. The fourth-order valence-electron chi connectivity index (χ4n) is 4.70. The highest BCUT2D eigenvalue weighted by atomic mass is 32.1. The van der Waals surface area contributed by atoms with Crippen LogP contribution in [-0.4, -0.2) is 53.9 Å². The zero-order valence-corrected chi connectivity index (χ0v) is 19.8. The Balaban J connectivity index is 1.18. The monoisotopic (exact) mass is 471 g/mol. The summed E-state index contributed by atoms with van der Waals surface area (Å²) in [7, 11) is 0. The van der Waals surface area contributed by atoms with Gasteiger partial charge in [-0.1, -0.05) is 47.7 Å². The van der Waals surface area contributed by atoms with E-state index in [1.165, 1.54) is 16.3 Å². The molecule has 0 unspecified atom stereocenters. The van der Waals surface area contributed by atoms with Crippen molar-refractivity contribution >= 4 is 38.8 Å². The summed E-state index contributed by atoms with van der Waals surface area (Å²) in [4.78, 5) is 19.6. The molecule has 172 valence electrons. The summed E-state index contributed by atoms with van der Waals surface area (Å²) in [6.07, 6.45) is 0. The third-order valence-corrected chi connectivity index (χ3v) is 7.43. The first kappa shape index (κ1) is 20.9. The minimum atomic E-state index is 0.0683. The van der Waals surface area contributed by atoms with Gasteiger partial charge < -0.3 is 19.4 Å². The lowest BCUT2D eigenvalue weighted by atomic mass is 10.0. The normalized spacial score (nSPS) is 15.9. The molecule has 34 heavy (non-hydrogen) atoms. The summed E-state index contributed by atoms with van der Waals surface area (Å²) in [6.45, 7) is 6.05. The Morgan fingerprint density at radius 3 is 2.62 bits per heavy atom. The van der Waals surface area contributed by atoms with E-state index in [0.29, 0.717) is 25.4 Å². The van der Waals surface area contributed by atoms with Crippen LogP contribution < -0.4 is 14.5 Å². The molecule has 1 saturated heterocycles. The van der Waals surface area contributed by atoms with E-state index in [1.807, 2.05) is 36.1 Å². The summed E-state index contributed by atoms with van der Waals surface area (Å²) in [5.74, 6) is 1.00. The fraction of sp³-hybridized carbons (Fsp3) is 0.269. The lowest BCUT2D eigenvalue weighted by Gasteiger charge is -2.35. The maximum absolute atomic E-state index is 13.3. The van der Waals surface area contributed by atoms with Crippen molar-refractivity contribution in [1.82, 2.24) is 15.1 Å². The molecule has 0 atom stereocenters. The van der Waals surface area contributed by atoms with Crippen LogP contribution in [0.25, 0.3) is 10.8 Å². The minimum absolute atomic E-state index is 0.0683. The predicted molar refractivity (Wildman–Crippen MR) is 135 cm³/mol. The molecular weight excluding hydrogens is 446 g/mol. The Morgan fingerprint density at radius 2 is 1.79 bits per heavy atom. The molecule has 3 heterocycles. The number of carbonyl (C=O) groups excluding carboxylic acids is 1. The molecule has 0 bridgehead atoms. The van der Waals surface area contributed by atoms with Crippen molar-refractivity contribution < 1.29 is 9.53 Å². The highest BCUT2D eigenvalue weighted by molar-refractivity contribution is 7.15. The number of hydrogen-bond acceptors (Lipinski definition) is 7. The van der Waals surface area contributed by atoms with Crippen LogP contribution >= 0.6 is 11.3 Å². The van der Waals surface area contributed by atoms with Gasteiger partial charge in [0.1, 0.15) is 10.8 Å². The number of ether oxygens (including phenoxy) is 1. The van der Waals surface area contributed by atoms with Gasteiger partial charge in [0.15, 0.2) is 6.73 Å². The first-order chi connectivity index (χ1) is 16.7. The van der Waals surface area contributed by atoms with E-state index < -0.39 is 0 Å². The van der Waals surface area contributed by atoms with Gasteiger partial charge in [0.05, 0.1) is 6.54 Å². The molecule has 6 rings (SSSR count). The molecule has 1 amide bonds. The highest BCUT2D eigenvalue weighted by Gasteiger charge is 2.25. The Hall–Kier alpha value is -3.65. The molecule has 0 radical (unpaired) electrons. The van der Waals surface area contributed by atoms with Crippen molar-refractivity contribution in [2.75, 3.05) is 42.7 Å².